The second kappa shape index (κ2) is 9.22. The van der Waals surface area contributed by atoms with Gasteiger partial charge >= 0.3 is 0 Å². The molecule has 2 aromatic carbocycles. The number of fused-ring (bicyclic) bond motifs is 1. The Labute approximate surface area is 182 Å². The molecule has 7 heteroatoms. The number of benzene rings is 2. The van der Waals surface area contributed by atoms with Gasteiger partial charge in [0.2, 0.25) is 5.91 Å². The number of hydrogen-bond acceptors (Lipinski definition) is 5. The van der Waals surface area contributed by atoms with E-state index in [0.717, 1.165) is 41.1 Å². The molecule has 0 aliphatic heterocycles. The summed E-state index contributed by atoms with van der Waals surface area (Å²) in [7, 11) is 3.55. The number of methoxy groups -OCH3 is 1. The van der Waals surface area contributed by atoms with Crippen LogP contribution in [-0.2, 0) is 24.7 Å². The van der Waals surface area contributed by atoms with Crippen molar-refractivity contribution in [3.8, 4) is 22.8 Å². The van der Waals surface area contributed by atoms with Gasteiger partial charge in [-0.1, -0.05) is 12.1 Å². The van der Waals surface area contributed by atoms with Gasteiger partial charge in [0, 0.05) is 37.0 Å². The number of aromatic nitrogens is 2. The maximum Gasteiger partial charge on any atom is 0.227 e. The second-order valence-corrected chi connectivity index (χ2v) is 7.72. The summed E-state index contributed by atoms with van der Waals surface area (Å²) in [6.45, 7) is 0.843. The van der Waals surface area contributed by atoms with Crippen LogP contribution in [0.5, 0.6) is 11.5 Å². The average molecular weight is 421 g/mol. The maximum absolute atomic E-state index is 13.1. The van der Waals surface area contributed by atoms with Crippen LogP contribution in [0.1, 0.15) is 17.5 Å². The summed E-state index contributed by atoms with van der Waals surface area (Å²) >= 11 is 0. The average Bonchev–Trinajstić information content (AvgIpc) is 3.22. The third-order valence-electron chi connectivity index (χ3n) is 5.75. The molecule has 3 aromatic rings. The minimum absolute atomic E-state index is 0.0168. The first-order chi connectivity index (χ1) is 15.1. The van der Waals surface area contributed by atoms with Gasteiger partial charge < -0.3 is 20.5 Å². The van der Waals surface area contributed by atoms with Crippen LogP contribution in [0.3, 0.4) is 0 Å². The largest absolute Gasteiger partial charge is 0.496 e. The zero-order chi connectivity index (χ0) is 21.8. The second-order valence-electron chi connectivity index (χ2n) is 7.72. The van der Waals surface area contributed by atoms with E-state index < -0.39 is 0 Å². The van der Waals surface area contributed by atoms with E-state index >= 15 is 0 Å². The fourth-order valence-corrected chi connectivity index (χ4v) is 4.16. The smallest absolute Gasteiger partial charge is 0.227 e. The van der Waals surface area contributed by atoms with E-state index in [0.29, 0.717) is 25.3 Å². The lowest BCUT2D eigenvalue weighted by molar-refractivity contribution is -0.120. The van der Waals surface area contributed by atoms with Crippen LogP contribution in [0.25, 0.3) is 11.3 Å². The first kappa shape index (κ1) is 20.9. The Balaban J connectivity index is 1.55. The summed E-state index contributed by atoms with van der Waals surface area (Å²) in [5.41, 5.74) is 10.5. The van der Waals surface area contributed by atoms with E-state index in [1.54, 1.807) is 18.0 Å². The standard InChI is InChI=1S/C24H28N4O3/c1-28-21(10-12-26-28)20-15-18(8-9-23(20)31-13-11-25)27-24(29)17-7-6-16-4-3-5-22(30-2)19(16)14-17/h3-5,8-10,12,15,17H,6-7,11,13-14,25H2,1-2H3,(H,27,29). The number of nitrogens with one attached hydrogen (secondary N) is 1. The van der Waals surface area contributed by atoms with Crippen LogP contribution in [0.15, 0.2) is 48.7 Å². The monoisotopic (exact) mass is 420 g/mol. The van der Waals surface area contributed by atoms with Crippen molar-refractivity contribution in [3.63, 3.8) is 0 Å². The predicted molar refractivity (Wildman–Crippen MR) is 120 cm³/mol. The van der Waals surface area contributed by atoms with Gasteiger partial charge in [-0.05, 0) is 60.7 Å². The number of amides is 1. The van der Waals surface area contributed by atoms with E-state index in [1.165, 1.54) is 5.56 Å². The molecular formula is C24H28N4O3. The van der Waals surface area contributed by atoms with Crippen molar-refractivity contribution < 1.29 is 14.3 Å². The highest BCUT2D eigenvalue weighted by molar-refractivity contribution is 5.94. The van der Waals surface area contributed by atoms with E-state index in [1.807, 2.05) is 43.4 Å². The van der Waals surface area contributed by atoms with Crippen molar-refractivity contribution in [1.82, 2.24) is 9.78 Å². The van der Waals surface area contributed by atoms with Crippen molar-refractivity contribution in [3.05, 3.63) is 59.8 Å². The SMILES string of the molecule is COc1cccc2c1CC(C(=O)Nc1ccc(OCCN)c(-c3ccnn3C)c1)CC2. The van der Waals surface area contributed by atoms with Crippen molar-refractivity contribution in [1.29, 1.82) is 0 Å². The Hall–Kier alpha value is -3.32. The van der Waals surface area contributed by atoms with Crippen molar-refractivity contribution in [2.24, 2.45) is 18.7 Å². The molecule has 3 N–H and O–H groups in total. The minimum Gasteiger partial charge on any atom is -0.496 e. The molecule has 0 fully saturated rings. The molecule has 0 saturated heterocycles. The first-order valence-electron chi connectivity index (χ1n) is 10.5. The number of aryl methyl sites for hydroxylation is 2. The molecule has 1 heterocycles. The number of anilines is 1. The van der Waals surface area contributed by atoms with Gasteiger partial charge in [-0.25, -0.2) is 0 Å². The van der Waals surface area contributed by atoms with Crippen molar-refractivity contribution >= 4 is 11.6 Å². The predicted octanol–water partition coefficient (Wildman–Crippen LogP) is 3.18. The van der Waals surface area contributed by atoms with E-state index in [2.05, 4.69) is 16.5 Å². The van der Waals surface area contributed by atoms with Crippen LogP contribution in [0.4, 0.5) is 5.69 Å². The van der Waals surface area contributed by atoms with Gasteiger partial charge in [0.15, 0.2) is 0 Å². The zero-order valence-corrected chi connectivity index (χ0v) is 17.9. The molecular weight excluding hydrogens is 392 g/mol. The maximum atomic E-state index is 13.1. The third-order valence-corrected chi connectivity index (χ3v) is 5.75. The molecule has 1 atom stereocenters. The Bertz CT molecular complexity index is 1060. The fourth-order valence-electron chi connectivity index (χ4n) is 4.16. The first-order valence-corrected chi connectivity index (χ1v) is 10.5. The van der Waals surface area contributed by atoms with Crippen LogP contribution in [-0.4, -0.2) is 35.9 Å². The van der Waals surface area contributed by atoms with Gasteiger partial charge in [0.05, 0.1) is 12.8 Å². The van der Waals surface area contributed by atoms with E-state index in [4.69, 9.17) is 15.2 Å². The summed E-state index contributed by atoms with van der Waals surface area (Å²) in [6.07, 6.45) is 4.10. The summed E-state index contributed by atoms with van der Waals surface area (Å²) in [5, 5.41) is 7.35. The molecule has 4 rings (SSSR count). The van der Waals surface area contributed by atoms with Crippen LogP contribution in [0, 0.1) is 5.92 Å². The lowest BCUT2D eigenvalue weighted by atomic mass is 9.83. The number of rotatable bonds is 7. The Morgan fingerprint density at radius 1 is 1.26 bits per heavy atom. The van der Waals surface area contributed by atoms with E-state index in [-0.39, 0.29) is 11.8 Å². The minimum atomic E-state index is -0.0999. The van der Waals surface area contributed by atoms with Crippen LogP contribution < -0.4 is 20.5 Å². The Kier molecular flexibility index (Phi) is 6.23. The zero-order valence-electron chi connectivity index (χ0n) is 17.9. The number of hydrogen-bond donors (Lipinski definition) is 2. The number of ether oxygens (including phenoxy) is 2. The van der Waals surface area contributed by atoms with Crippen molar-refractivity contribution in [2.75, 3.05) is 25.6 Å². The van der Waals surface area contributed by atoms with Gasteiger partial charge in [-0.3, -0.25) is 9.48 Å². The molecule has 1 unspecified atom stereocenters. The van der Waals surface area contributed by atoms with Crippen molar-refractivity contribution in [2.45, 2.75) is 19.3 Å². The highest BCUT2D eigenvalue weighted by Gasteiger charge is 2.27. The van der Waals surface area contributed by atoms with Gasteiger partial charge in [-0.15, -0.1) is 0 Å². The molecule has 31 heavy (non-hydrogen) atoms. The molecule has 1 amide bonds. The summed E-state index contributed by atoms with van der Waals surface area (Å²) in [4.78, 5) is 13.1. The normalized spacial score (nSPS) is 15.3. The third kappa shape index (κ3) is 4.41. The molecule has 162 valence electrons. The molecule has 0 saturated carbocycles. The van der Waals surface area contributed by atoms with Crippen LogP contribution in [0.2, 0.25) is 0 Å². The number of carbonyl (C=O) groups is 1. The number of carbonyl (C=O) groups excluding carboxylic acids is 1. The summed E-state index contributed by atoms with van der Waals surface area (Å²) < 4.78 is 13.1. The highest BCUT2D eigenvalue weighted by atomic mass is 16.5. The fraction of sp³-hybridized carbons (Fsp3) is 0.333. The molecule has 0 radical (unpaired) electrons. The van der Waals surface area contributed by atoms with E-state index in [9.17, 15) is 4.79 Å². The molecule has 0 spiro atoms. The van der Waals surface area contributed by atoms with Gasteiger partial charge in [0.25, 0.3) is 0 Å². The Morgan fingerprint density at radius 2 is 2.13 bits per heavy atom. The lowest BCUT2D eigenvalue weighted by Gasteiger charge is -2.25. The summed E-state index contributed by atoms with van der Waals surface area (Å²) in [6, 6.07) is 13.7. The van der Waals surface area contributed by atoms with Gasteiger partial charge in [0.1, 0.15) is 18.1 Å². The molecule has 1 aliphatic carbocycles. The quantitative estimate of drug-likeness (QED) is 0.613. The molecule has 0 bridgehead atoms. The lowest BCUT2D eigenvalue weighted by Crippen LogP contribution is -2.28. The topological polar surface area (TPSA) is 91.4 Å². The summed E-state index contributed by atoms with van der Waals surface area (Å²) in [5.74, 6) is 1.48. The highest BCUT2D eigenvalue weighted by Crippen LogP contribution is 2.35. The molecule has 7 nitrogen and oxygen atoms in total. The Morgan fingerprint density at radius 3 is 2.87 bits per heavy atom. The molecule has 1 aromatic heterocycles. The van der Waals surface area contributed by atoms with Crippen LogP contribution >= 0.6 is 0 Å². The number of nitrogens with two attached hydrogens (primary N) is 1. The molecule has 1 aliphatic rings. The van der Waals surface area contributed by atoms with Gasteiger partial charge in [-0.2, -0.15) is 5.10 Å². The number of nitrogens with zero attached hydrogens (tertiary/aromatic N) is 2.